The number of hydrogen-bond donors (Lipinski definition) is 3. The van der Waals surface area contributed by atoms with E-state index in [0.717, 1.165) is 25.9 Å². The number of rotatable bonds is 2. The summed E-state index contributed by atoms with van der Waals surface area (Å²) in [5.74, 6) is 0. The zero-order valence-corrected chi connectivity index (χ0v) is 6.01. The maximum atomic E-state index is 9.19. The molecule has 2 unspecified atom stereocenters. The van der Waals surface area contributed by atoms with E-state index in [1.165, 1.54) is 0 Å². The van der Waals surface area contributed by atoms with Crippen LogP contribution in [0.3, 0.4) is 0 Å². The Labute approximate surface area is 60.8 Å². The van der Waals surface area contributed by atoms with Gasteiger partial charge in [0.2, 0.25) is 0 Å². The first-order valence-corrected chi connectivity index (χ1v) is 4.01. The van der Waals surface area contributed by atoms with Crippen molar-refractivity contribution in [2.45, 2.75) is 31.0 Å². The van der Waals surface area contributed by atoms with Crippen molar-refractivity contribution in [3.63, 3.8) is 0 Å². The summed E-state index contributed by atoms with van der Waals surface area (Å²) in [5.41, 5.74) is 0. The first-order valence-electron chi connectivity index (χ1n) is 4.01. The number of aliphatic hydroxyl groups is 1. The Hall–Kier alpha value is -0.120. The van der Waals surface area contributed by atoms with Gasteiger partial charge in [-0.05, 0) is 12.8 Å². The van der Waals surface area contributed by atoms with E-state index in [1.54, 1.807) is 0 Å². The lowest BCUT2D eigenvalue weighted by molar-refractivity contribution is 0.0400. The molecule has 0 radical (unpaired) electrons. The second-order valence-corrected chi connectivity index (χ2v) is 3.27. The van der Waals surface area contributed by atoms with E-state index in [-0.39, 0.29) is 6.10 Å². The fourth-order valence-corrected chi connectivity index (χ4v) is 1.39. The first kappa shape index (κ1) is 6.58. The molecule has 0 aromatic carbocycles. The Kier molecular flexibility index (Phi) is 1.64. The third-order valence-corrected chi connectivity index (χ3v) is 2.47. The van der Waals surface area contributed by atoms with Crippen LogP contribution in [0.1, 0.15) is 12.8 Å². The minimum atomic E-state index is -0.0689. The molecule has 0 aromatic heterocycles. The molecular formula is C7H14N2O. The lowest BCUT2D eigenvalue weighted by Crippen LogP contribution is -2.62. The molecule has 0 spiro atoms. The van der Waals surface area contributed by atoms with Crippen LogP contribution in [0.25, 0.3) is 0 Å². The molecule has 0 bridgehead atoms. The van der Waals surface area contributed by atoms with Crippen LogP contribution in [-0.4, -0.2) is 36.4 Å². The molecule has 2 aliphatic rings. The summed E-state index contributed by atoms with van der Waals surface area (Å²) in [5, 5.41) is 15.8. The average Bonchev–Trinajstić information content (AvgIpc) is 1.82. The number of nitrogens with one attached hydrogen (secondary N) is 2. The van der Waals surface area contributed by atoms with Crippen LogP contribution >= 0.6 is 0 Å². The third-order valence-electron chi connectivity index (χ3n) is 2.47. The normalized spacial score (nSPS) is 40.5. The van der Waals surface area contributed by atoms with E-state index in [9.17, 15) is 5.11 Å². The maximum Gasteiger partial charge on any atom is 0.0693 e. The molecule has 1 heterocycles. The fraction of sp³-hybridized carbons (Fsp3) is 1.00. The van der Waals surface area contributed by atoms with Gasteiger partial charge in [-0.3, -0.25) is 0 Å². The summed E-state index contributed by atoms with van der Waals surface area (Å²) in [6.07, 6.45) is 2.07. The van der Waals surface area contributed by atoms with Crippen molar-refractivity contribution in [2.75, 3.05) is 13.1 Å². The molecule has 2 rings (SSSR count). The smallest absolute Gasteiger partial charge is 0.0693 e. The number of aliphatic hydroxyl groups excluding tert-OH is 1. The lowest BCUT2D eigenvalue weighted by atomic mass is 9.88. The molecule has 1 saturated carbocycles. The molecule has 58 valence electrons. The Balaban J connectivity index is 1.69. The van der Waals surface area contributed by atoms with Gasteiger partial charge in [0.15, 0.2) is 0 Å². The lowest BCUT2D eigenvalue weighted by Gasteiger charge is -2.39. The van der Waals surface area contributed by atoms with Crippen LogP contribution in [0.4, 0.5) is 0 Å². The molecule has 10 heavy (non-hydrogen) atoms. The van der Waals surface area contributed by atoms with E-state index in [2.05, 4.69) is 10.6 Å². The molecule has 1 aliphatic heterocycles. The van der Waals surface area contributed by atoms with Gasteiger partial charge in [-0.15, -0.1) is 0 Å². The highest BCUT2D eigenvalue weighted by atomic mass is 16.3. The van der Waals surface area contributed by atoms with Gasteiger partial charge in [0.25, 0.3) is 0 Å². The summed E-state index contributed by atoms with van der Waals surface area (Å²) in [6, 6.07) is 1.02. The van der Waals surface area contributed by atoms with Crippen molar-refractivity contribution >= 4 is 0 Å². The predicted octanol–water partition coefficient (Wildman–Crippen LogP) is -0.929. The van der Waals surface area contributed by atoms with E-state index in [1.807, 2.05) is 0 Å². The quantitative estimate of drug-likeness (QED) is 0.467. The molecule has 0 aromatic rings. The largest absolute Gasteiger partial charge is 0.392 e. The summed E-state index contributed by atoms with van der Waals surface area (Å²) < 4.78 is 0. The van der Waals surface area contributed by atoms with E-state index >= 15 is 0 Å². The van der Waals surface area contributed by atoms with Gasteiger partial charge >= 0.3 is 0 Å². The molecule has 2 fully saturated rings. The average molecular weight is 142 g/mol. The monoisotopic (exact) mass is 142 g/mol. The van der Waals surface area contributed by atoms with Gasteiger partial charge in [-0.25, -0.2) is 0 Å². The molecule has 1 aliphatic carbocycles. The van der Waals surface area contributed by atoms with E-state index in [4.69, 9.17) is 0 Å². The topological polar surface area (TPSA) is 44.3 Å². The highest BCUT2D eigenvalue weighted by Gasteiger charge is 2.31. The Morgan fingerprint density at radius 3 is 2.40 bits per heavy atom. The van der Waals surface area contributed by atoms with Crippen LogP contribution in [0.5, 0.6) is 0 Å². The van der Waals surface area contributed by atoms with E-state index in [0.29, 0.717) is 12.1 Å². The molecule has 3 N–H and O–H groups in total. The van der Waals surface area contributed by atoms with Gasteiger partial charge < -0.3 is 15.7 Å². The molecule has 3 heteroatoms. The van der Waals surface area contributed by atoms with Gasteiger partial charge in [0, 0.05) is 25.2 Å². The zero-order chi connectivity index (χ0) is 6.97. The second kappa shape index (κ2) is 2.49. The summed E-state index contributed by atoms with van der Waals surface area (Å²) >= 11 is 0. The third kappa shape index (κ3) is 1.05. The van der Waals surface area contributed by atoms with E-state index < -0.39 is 0 Å². The van der Waals surface area contributed by atoms with Gasteiger partial charge in [0.05, 0.1) is 6.10 Å². The first-order chi connectivity index (χ1) is 4.86. The van der Waals surface area contributed by atoms with Crippen LogP contribution < -0.4 is 10.6 Å². The Morgan fingerprint density at radius 1 is 1.30 bits per heavy atom. The van der Waals surface area contributed by atoms with Crippen molar-refractivity contribution in [1.29, 1.82) is 0 Å². The summed E-state index contributed by atoms with van der Waals surface area (Å²) in [6.45, 7) is 2.15. The van der Waals surface area contributed by atoms with Gasteiger partial charge in [0.1, 0.15) is 0 Å². The van der Waals surface area contributed by atoms with Crippen molar-refractivity contribution in [3.05, 3.63) is 0 Å². The fourth-order valence-electron chi connectivity index (χ4n) is 1.39. The molecule has 1 saturated heterocycles. The SMILES string of the molecule is OC1CCC1NC1CNC1. The Morgan fingerprint density at radius 2 is 2.10 bits per heavy atom. The Bertz CT molecular complexity index is 125. The van der Waals surface area contributed by atoms with Crippen molar-refractivity contribution in [1.82, 2.24) is 10.6 Å². The standard InChI is InChI=1S/C7H14N2O/c10-7-2-1-6(7)9-5-3-8-4-5/h5-10H,1-4H2. The van der Waals surface area contributed by atoms with Gasteiger partial charge in [-0.1, -0.05) is 0 Å². The summed E-state index contributed by atoms with van der Waals surface area (Å²) in [7, 11) is 0. The second-order valence-electron chi connectivity index (χ2n) is 3.27. The molecule has 2 atom stereocenters. The zero-order valence-electron chi connectivity index (χ0n) is 6.01. The summed E-state index contributed by atoms with van der Waals surface area (Å²) in [4.78, 5) is 0. The molecule has 3 nitrogen and oxygen atoms in total. The minimum absolute atomic E-state index is 0.0689. The van der Waals surface area contributed by atoms with Crippen molar-refractivity contribution < 1.29 is 5.11 Å². The minimum Gasteiger partial charge on any atom is -0.392 e. The van der Waals surface area contributed by atoms with Crippen LogP contribution in [-0.2, 0) is 0 Å². The molecular weight excluding hydrogens is 128 g/mol. The highest BCUT2D eigenvalue weighted by molar-refractivity contribution is 4.92. The molecule has 0 amide bonds. The van der Waals surface area contributed by atoms with Crippen molar-refractivity contribution in [2.24, 2.45) is 0 Å². The maximum absolute atomic E-state index is 9.19. The number of hydrogen-bond acceptors (Lipinski definition) is 3. The van der Waals surface area contributed by atoms with Crippen LogP contribution in [0.2, 0.25) is 0 Å². The van der Waals surface area contributed by atoms with Gasteiger partial charge in [-0.2, -0.15) is 0 Å². The van der Waals surface area contributed by atoms with Crippen LogP contribution in [0, 0.1) is 0 Å². The highest BCUT2D eigenvalue weighted by Crippen LogP contribution is 2.20. The van der Waals surface area contributed by atoms with Crippen LogP contribution in [0.15, 0.2) is 0 Å². The van der Waals surface area contributed by atoms with Crippen molar-refractivity contribution in [3.8, 4) is 0 Å². The predicted molar refractivity (Wildman–Crippen MR) is 38.8 cm³/mol.